The zero-order chi connectivity index (χ0) is 11.9. The lowest BCUT2D eigenvalue weighted by Gasteiger charge is -2.23. The van der Waals surface area contributed by atoms with Crippen molar-refractivity contribution >= 4 is 11.6 Å². The van der Waals surface area contributed by atoms with Crippen molar-refractivity contribution in [1.82, 2.24) is 0 Å². The highest BCUT2D eigenvalue weighted by Crippen LogP contribution is 2.54. The molecule has 1 saturated carbocycles. The fourth-order valence-electron chi connectivity index (χ4n) is 2.39. The van der Waals surface area contributed by atoms with Gasteiger partial charge in [-0.2, -0.15) is 0 Å². The Hall–Kier alpha value is -0.730. The second kappa shape index (κ2) is 3.94. The van der Waals surface area contributed by atoms with Gasteiger partial charge in [0, 0.05) is 11.5 Å². The summed E-state index contributed by atoms with van der Waals surface area (Å²) in [7, 11) is 1.66. The summed E-state index contributed by atoms with van der Waals surface area (Å²) < 4.78 is 5.35. The van der Waals surface area contributed by atoms with Crippen molar-refractivity contribution in [3.8, 4) is 5.75 Å². The van der Waals surface area contributed by atoms with E-state index in [0.29, 0.717) is 0 Å². The first-order valence-electron chi connectivity index (χ1n) is 5.62. The van der Waals surface area contributed by atoms with Crippen molar-refractivity contribution in [2.75, 3.05) is 7.11 Å². The van der Waals surface area contributed by atoms with Crippen LogP contribution in [0.5, 0.6) is 5.75 Å². The summed E-state index contributed by atoms with van der Waals surface area (Å²) in [5.74, 6) is 0.783. The number of methoxy groups -OCH3 is 1. The maximum atomic E-state index is 6.40. The van der Waals surface area contributed by atoms with Crippen molar-refractivity contribution in [1.29, 1.82) is 0 Å². The zero-order valence-corrected chi connectivity index (χ0v) is 10.8. The smallest absolute Gasteiger partial charge is 0.140 e. The lowest BCUT2D eigenvalue weighted by molar-refractivity contribution is 0.410. The van der Waals surface area contributed by atoms with Gasteiger partial charge in [0.05, 0.1) is 12.1 Å². The molecule has 1 aliphatic carbocycles. The third-order valence-corrected chi connectivity index (χ3v) is 4.07. The number of nitrogens with two attached hydrogens (primary N) is 1. The molecule has 0 amide bonds. The van der Waals surface area contributed by atoms with Gasteiger partial charge in [0.2, 0.25) is 0 Å². The molecule has 2 rings (SSSR count). The highest BCUT2D eigenvalue weighted by atomic mass is 35.5. The summed E-state index contributed by atoms with van der Waals surface area (Å²) in [6, 6.07) is 4.29. The van der Waals surface area contributed by atoms with E-state index in [-0.39, 0.29) is 11.5 Å². The Kier molecular flexibility index (Phi) is 2.89. The average Bonchev–Trinajstić information content (AvgIpc) is 2.99. The molecule has 0 spiro atoms. The van der Waals surface area contributed by atoms with Gasteiger partial charge in [-0.05, 0) is 37.8 Å². The van der Waals surface area contributed by atoms with Crippen LogP contribution in [0.3, 0.4) is 0 Å². The number of ether oxygens (including phenoxy) is 1. The van der Waals surface area contributed by atoms with Crippen LogP contribution in [-0.4, -0.2) is 13.2 Å². The van der Waals surface area contributed by atoms with Crippen LogP contribution in [-0.2, 0) is 5.41 Å². The van der Waals surface area contributed by atoms with E-state index in [2.05, 4.69) is 19.1 Å². The van der Waals surface area contributed by atoms with Gasteiger partial charge in [-0.1, -0.05) is 23.7 Å². The Bertz CT molecular complexity index is 411. The number of hydrogen-bond acceptors (Lipinski definition) is 2. The molecule has 0 heterocycles. The van der Waals surface area contributed by atoms with Crippen LogP contribution in [0, 0.1) is 6.92 Å². The fourth-order valence-corrected chi connectivity index (χ4v) is 2.87. The maximum absolute atomic E-state index is 6.40. The lowest BCUT2D eigenvalue weighted by atomic mass is 9.88. The minimum absolute atomic E-state index is 0.0814. The van der Waals surface area contributed by atoms with Crippen LogP contribution in [0.15, 0.2) is 12.1 Å². The van der Waals surface area contributed by atoms with Crippen LogP contribution >= 0.6 is 11.6 Å². The minimum atomic E-state index is 0.0814. The van der Waals surface area contributed by atoms with Crippen molar-refractivity contribution in [3.05, 3.63) is 28.3 Å². The summed E-state index contributed by atoms with van der Waals surface area (Å²) in [6.07, 6.45) is 2.24. The van der Waals surface area contributed by atoms with E-state index in [1.807, 2.05) is 6.92 Å². The molecule has 16 heavy (non-hydrogen) atoms. The summed E-state index contributed by atoms with van der Waals surface area (Å²) in [4.78, 5) is 0. The standard InChI is InChI=1S/C13H18ClNO/c1-8-4-5-10(11(14)12(8)16-3)13(6-7-13)9(2)15/h4-5,9H,6-7,15H2,1-3H3. The monoisotopic (exact) mass is 239 g/mol. The summed E-state index contributed by atoms with van der Waals surface area (Å²) in [5.41, 5.74) is 8.36. The number of hydrogen-bond donors (Lipinski definition) is 1. The lowest BCUT2D eigenvalue weighted by Crippen LogP contribution is -2.31. The molecule has 1 unspecified atom stereocenters. The van der Waals surface area contributed by atoms with Crippen LogP contribution < -0.4 is 10.5 Å². The summed E-state index contributed by atoms with van der Waals surface area (Å²) >= 11 is 6.40. The van der Waals surface area contributed by atoms with Gasteiger partial charge in [0.15, 0.2) is 0 Å². The molecule has 1 fully saturated rings. The normalized spacial score (nSPS) is 19.3. The van der Waals surface area contributed by atoms with Gasteiger partial charge >= 0.3 is 0 Å². The Balaban J connectivity index is 2.51. The van der Waals surface area contributed by atoms with Gasteiger partial charge in [0.25, 0.3) is 0 Å². The SMILES string of the molecule is COc1c(C)ccc(C2(C(C)N)CC2)c1Cl. The second-order valence-corrected chi connectivity index (χ2v) is 5.10. The van der Waals surface area contributed by atoms with Gasteiger partial charge < -0.3 is 10.5 Å². The van der Waals surface area contributed by atoms with E-state index < -0.39 is 0 Å². The number of benzene rings is 1. The van der Waals surface area contributed by atoms with Crippen LogP contribution in [0.1, 0.15) is 30.9 Å². The predicted octanol–water partition coefficient (Wildman–Crippen LogP) is 3.04. The Morgan fingerprint density at radius 1 is 1.44 bits per heavy atom. The Morgan fingerprint density at radius 2 is 2.06 bits per heavy atom. The first-order chi connectivity index (χ1) is 7.53. The highest BCUT2D eigenvalue weighted by Gasteiger charge is 2.49. The quantitative estimate of drug-likeness (QED) is 0.880. The first kappa shape index (κ1) is 11.7. The molecular formula is C13H18ClNO. The van der Waals surface area contributed by atoms with Crippen LogP contribution in [0.2, 0.25) is 5.02 Å². The molecule has 1 aromatic carbocycles. The molecule has 0 aliphatic heterocycles. The molecular weight excluding hydrogens is 222 g/mol. The van der Waals surface area contributed by atoms with Gasteiger partial charge in [-0.25, -0.2) is 0 Å². The topological polar surface area (TPSA) is 35.2 Å². The number of halogens is 1. The zero-order valence-electron chi connectivity index (χ0n) is 10.0. The largest absolute Gasteiger partial charge is 0.495 e. The first-order valence-corrected chi connectivity index (χ1v) is 6.00. The molecule has 88 valence electrons. The molecule has 0 aromatic heterocycles. The van der Waals surface area contributed by atoms with Crippen molar-refractivity contribution in [2.45, 2.75) is 38.1 Å². The van der Waals surface area contributed by atoms with E-state index in [9.17, 15) is 0 Å². The third-order valence-electron chi connectivity index (χ3n) is 3.69. The number of aryl methyl sites for hydroxylation is 1. The average molecular weight is 240 g/mol. The molecule has 3 heteroatoms. The van der Waals surface area contributed by atoms with E-state index in [0.717, 1.165) is 34.7 Å². The van der Waals surface area contributed by atoms with Crippen LogP contribution in [0.25, 0.3) is 0 Å². The van der Waals surface area contributed by atoms with E-state index >= 15 is 0 Å². The van der Waals surface area contributed by atoms with Crippen LogP contribution in [0.4, 0.5) is 0 Å². The highest BCUT2D eigenvalue weighted by molar-refractivity contribution is 6.33. The van der Waals surface area contributed by atoms with Crippen molar-refractivity contribution < 1.29 is 4.74 Å². The predicted molar refractivity (Wildman–Crippen MR) is 67.3 cm³/mol. The Morgan fingerprint density at radius 3 is 2.50 bits per heavy atom. The molecule has 0 radical (unpaired) electrons. The van der Waals surface area contributed by atoms with E-state index in [4.69, 9.17) is 22.1 Å². The third kappa shape index (κ3) is 1.61. The number of rotatable bonds is 3. The summed E-state index contributed by atoms with van der Waals surface area (Å²) in [5, 5.41) is 0.734. The van der Waals surface area contributed by atoms with E-state index in [1.54, 1.807) is 7.11 Å². The minimum Gasteiger partial charge on any atom is -0.495 e. The van der Waals surface area contributed by atoms with Gasteiger partial charge in [0.1, 0.15) is 5.75 Å². The van der Waals surface area contributed by atoms with Gasteiger partial charge in [-0.15, -0.1) is 0 Å². The maximum Gasteiger partial charge on any atom is 0.140 e. The van der Waals surface area contributed by atoms with E-state index in [1.165, 1.54) is 0 Å². The molecule has 0 bridgehead atoms. The fraction of sp³-hybridized carbons (Fsp3) is 0.538. The molecule has 1 aliphatic rings. The van der Waals surface area contributed by atoms with Crippen molar-refractivity contribution in [2.24, 2.45) is 5.73 Å². The molecule has 1 atom stereocenters. The molecule has 0 saturated heterocycles. The van der Waals surface area contributed by atoms with Gasteiger partial charge in [-0.3, -0.25) is 0 Å². The second-order valence-electron chi connectivity index (χ2n) is 4.72. The Labute approximate surface area is 102 Å². The van der Waals surface area contributed by atoms with Crippen molar-refractivity contribution in [3.63, 3.8) is 0 Å². The molecule has 1 aromatic rings. The molecule has 2 nitrogen and oxygen atoms in total. The summed E-state index contributed by atoms with van der Waals surface area (Å²) in [6.45, 7) is 4.05. The molecule has 2 N–H and O–H groups in total.